The lowest BCUT2D eigenvalue weighted by molar-refractivity contribution is -0.384. The molecule has 0 fully saturated rings. The minimum Gasteiger partial charge on any atom is -0.493 e. The summed E-state index contributed by atoms with van der Waals surface area (Å²) < 4.78 is 5.74. The molecule has 0 aromatic heterocycles. The highest BCUT2D eigenvalue weighted by molar-refractivity contribution is 6.02. The first-order valence-electron chi connectivity index (χ1n) is 8.47. The van der Waals surface area contributed by atoms with Crippen molar-refractivity contribution in [1.82, 2.24) is 0 Å². The van der Waals surface area contributed by atoms with Gasteiger partial charge in [0, 0.05) is 29.5 Å². The largest absolute Gasteiger partial charge is 0.493 e. The molecule has 0 saturated carbocycles. The van der Waals surface area contributed by atoms with Crippen LogP contribution in [0.3, 0.4) is 0 Å². The maximum absolute atomic E-state index is 12.2. The topological polar surface area (TPSA) is 81.5 Å². The zero-order valence-corrected chi connectivity index (χ0v) is 14.9. The summed E-state index contributed by atoms with van der Waals surface area (Å²) in [4.78, 5) is 22.5. The molecule has 0 bridgehead atoms. The molecule has 2 aromatic rings. The van der Waals surface area contributed by atoms with Crippen molar-refractivity contribution in [2.45, 2.75) is 26.7 Å². The monoisotopic (exact) mass is 354 g/mol. The number of non-ortho nitro benzene ring substituents is 1. The summed E-state index contributed by atoms with van der Waals surface area (Å²) in [7, 11) is 0. The minimum atomic E-state index is -0.464. The van der Waals surface area contributed by atoms with Crippen LogP contribution in [0, 0.1) is 17.0 Å². The third-order valence-electron chi connectivity index (χ3n) is 3.77. The van der Waals surface area contributed by atoms with Gasteiger partial charge in [-0.3, -0.25) is 14.9 Å². The first-order valence-corrected chi connectivity index (χ1v) is 8.47. The summed E-state index contributed by atoms with van der Waals surface area (Å²) in [6.07, 6.45) is 5.13. The highest BCUT2D eigenvalue weighted by atomic mass is 16.6. The molecule has 2 aromatic carbocycles. The van der Waals surface area contributed by atoms with Crippen LogP contribution in [0.25, 0.3) is 6.08 Å². The number of amides is 1. The summed E-state index contributed by atoms with van der Waals surface area (Å²) in [5.74, 6) is 0.418. The number of rotatable bonds is 8. The predicted molar refractivity (Wildman–Crippen MR) is 102 cm³/mol. The standard InChI is InChI=1S/C20H22N2O4/c1-3-4-13-26-19-8-6-5-7-16(19)9-12-20(23)21-18-11-10-17(22(24)25)14-15(18)2/h5-12,14H,3-4,13H2,1-2H3,(H,21,23)/b12-9+. The smallest absolute Gasteiger partial charge is 0.269 e. The molecule has 0 heterocycles. The molecule has 0 aliphatic rings. The third kappa shape index (κ3) is 5.44. The van der Waals surface area contributed by atoms with E-state index in [9.17, 15) is 14.9 Å². The van der Waals surface area contributed by atoms with Gasteiger partial charge in [0.2, 0.25) is 5.91 Å². The van der Waals surface area contributed by atoms with Gasteiger partial charge >= 0.3 is 0 Å². The number of nitro groups is 1. The van der Waals surface area contributed by atoms with Crippen molar-refractivity contribution >= 4 is 23.4 Å². The molecule has 0 spiro atoms. The number of nitrogens with zero attached hydrogens (tertiary/aromatic N) is 1. The molecule has 0 radical (unpaired) electrons. The van der Waals surface area contributed by atoms with Crippen molar-refractivity contribution in [3.63, 3.8) is 0 Å². The van der Waals surface area contributed by atoms with E-state index in [0.29, 0.717) is 17.9 Å². The molecular formula is C20H22N2O4. The first-order chi connectivity index (χ1) is 12.5. The second-order valence-corrected chi connectivity index (χ2v) is 5.82. The molecule has 0 unspecified atom stereocenters. The van der Waals surface area contributed by atoms with E-state index in [1.165, 1.54) is 24.3 Å². The number of ether oxygens (including phenoxy) is 1. The lowest BCUT2D eigenvalue weighted by Crippen LogP contribution is -2.09. The van der Waals surface area contributed by atoms with E-state index in [-0.39, 0.29) is 11.6 Å². The van der Waals surface area contributed by atoms with E-state index < -0.39 is 4.92 Å². The van der Waals surface area contributed by atoms with Crippen molar-refractivity contribution in [1.29, 1.82) is 0 Å². The Labute approximate surface area is 152 Å². The van der Waals surface area contributed by atoms with Crippen LogP contribution in [0.5, 0.6) is 5.75 Å². The van der Waals surface area contributed by atoms with Crippen LogP contribution in [0.1, 0.15) is 30.9 Å². The Morgan fingerprint density at radius 2 is 2.04 bits per heavy atom. The van der Waals surface area contributed by atoms with E-state index in [0.717, 1.165) is 24.2 Å². The zero-order valence-electron chi connectivity index (χ0n) is 14.9. The van der Waals surface area contributed by atoms with Crippen molar-refractivity contribution in [2.75, 3.05) is 11.9 Å². The van der Waals surface area contributed by atoms with Gasteiger partial charge in [-0.1, -0.05) is 31.5 Å². The normalized spacial score (nSPS) is 10.7. The zero-order chi connectivity index (χ0) is 18.9. The van der Waals surface area contributed by atoms with E-state index in [1.54, 1.807) is 13.0 Å². The molecule has 136 valence electrons. The van der Waals surface area contributed by atoms with Crippen molar-refractivity contribution in [3.05, 3.63) is 69.8 Å². The highest BCUT2D eigenvalue weighted by Crippen LogP contribution is 2.22. The summed E-state index contributed by atoms with van der Waals surface area (Å²) in [5.41, 5.74) is 1.98. The van der Waals surface area contributed by atoms with Crippen molar-refractivity contribution in [3.8, 4) is 5.75 Å². The Balaban J connectivity index is 2.05. The van der Waals surface area contributed by atoms with Crippen LogP contribution < -0.4 is 10.1 Å². The number of hydrogen-bond donors (Lipinski definition) is 1. The number of unbranched alkanes of at least 4 members (excludes halogenated alkanes) is 1. The van der Waals surface area contributed by atoms with Gasteiger partial charge in [-0.2, -0.15) is 0 Å². The van der Waals surface area contributed by atoms with Crippen LogP contribution in [-0.4, -0.2) is 17.4 Å². The molecule has 6 heteroatoms. The molecule has 6 nitrogen and oxygen atoms in total. The van der Waals surface area contributed by atoms with E-state index >= 15 is 0 Å². The van der Waals surface area contributed by atoms with E-state index in [1.807, 2.05) is 24.3 Å². The van der Waals surface area contributed by atoms with Gasteiger partial charge in [0.05, 0.1) is 11.5 Å². The maximum atomic E-state index is 12.2. The van der Waals surface area contributed by atoms with Crippen LogP contribution in [0.4, 0.5) is 11.4 Å². The van der Waals surface area contributed by atoms with E-state index in [2.05, 4.69) is 12.2 Å². The molecule has 2 rings (SSSR count). The van der Waals surface area contributed by atoms with Crippen LogP contribution in [0.15, 0.2) is 48.5 Å². The number of anilines is 1. The lowest BCUT2D eigenvalue weighted by atomic mass is 10.1. The molecule has 0 saturated heterocycles. The molecule has 0 atom stereocenters. The highest BCUT2D eigenvalue weighted by Gasteiger charge is 2.09. The van der Waals surface area contributed by atoms with Crippen LogP contribution >= 0.6 is 0 Å². The number of carbonyl (C=O) groups is 1. The van der Waals surface area contributed by atoms with Gasteiger partial charge in [0.25, 0.3) is 5.69 Å². The average Bonchev–Trinajstić information content (AvgIpc) is 2.62. The summed E-state index contributed by atoms with van der Waals surface area (Å²) in [6, 6.07) is 11.8. The Bertz CT molecular complexity index is 815. The first kappa shape index (κ1) is 19.2. The fraction of sp³-hybridized carbons (Fsp3) is 0.250. The average molecular weight is 354 g/mol. The number of aryl methyl sites for hydroxylation is 1. The number of hydrogen-bond acceptors (Lipinski definition) is 4. The van der Waals surface area contributed by atoms with Gasteiger partial charge in [-0.25, -0.2) is 0 Å². The SMILES string of the molecule is CCCCOc1ccccc1/C=C/C(=O)Nc1ccc([N+](=O)[O-])cc1C. The predicted octanol–water partition coefficient (Wildman–Crippen LogP) is 4.73. The van der Waals surface area contributed by atoms with Gasteiger partial charge < -0.3 is 10.1 Å². The summed E-state index contributed by atoms with van der Waals surface area (Å²) >= 11 is 0. The number of nitrogens with one attached hydrogen (secondary N) is 1. The lowest BCUT2D eigenvalue weighted by Gasteiger charge is -2.08. The van der Waals surface area contributed by atoms with Gasteiger partial charge in [0.15, 0.2) is 0 Å². The Hall–Kier alpha value is -3.15. The summed E-state index contributed by atoms with van der Waals surface area (Å²) in [5, 5.41) is 13.5. The fourth-order valence-corrected chi connectivity index (χ4v) is 2.32. The molecular weight excluding hydrogens is 332 g/mol. The quantitative estimate of drug-likeness (QED) is 0.321. The second kappa shape index (κ2) is 9.36. The number of nitro benzene ring substituents is 1. The van der Waals surface area contributed by atoms with Crippen LogP contribution in [-0.2, 0) is 4.79 Å². The van der Waals surface area contributed by atoms with E-state index in [4.69, 9.17) is 4.74 Å². The Kier molecular flexibility index (Phi) is 6.91. The number of benzene rings is 2. The maximum Gasteiger partial charge on any atom is 0.269 e. The number of carbonyl (C=O) groups excluding carboxylic acids is 1. The Morgan fingerprint density at radius 3 is 2.73 bits per heavy atom. The molecule has 0 aliphatic carbocycles. The second-order valence-electron chi connectivity index (χ2n) is 5.82. The van der Waals surface area contributed by atoms with Gasteiger partial charge in [-0.05, 0) is 37.1 Å². The minimum absolute atomic E-state index is 0.00537. The molecule has 1 amide bonds. The molecule has 1 N–H and O–H groups in total. The molecule has 0 aliphatic heterocycles. The third-order valence-corrected chi connectivity index (χ3v) is 3.77. The summed E-state index contributed by atoms with van der Waals surface area (Å²) in [6.45, 7) is 4.44. The fourth-order valence-electron chi connectivity index (χ4n) is 2.32. The van der Waals surface area contributed by atoms with Crippen LogP contribution in [0.2, 0.25) is 0 Å². The van der Waals surface area contributed by atoms with Crippen molar-refractivity contribution in [2.24, 2.45) is 0 Å². The number of para-hydroxylation sites is 1. The molecule has 26 heavy (non-hydrogen) atoms. The van der Waals surface area contributed by atoms with Crippen molar-refractivity contribution < 1.29 is 14.5 Å². The van der Waals surface area contributed by atoms with Gasteiger partial charge in [-0.15, -0.1) is 0 Å². The van der Waals surface area contributed by atoms with Gasteiger partial charge in [0.1, 0.15) is 5.75 Å². The Morgan fingerprint density at radius 1 is 1.27 bits per heavy atom.